The number of hydrogen-bond acceptors (Lipinski definition) is 4. The summed E-state index contributed by atoms with van der Waals surface area (Å²) in [6, 6.07) is 0.242. The summed E-state index contributed by atoms with van der Waals surface area (Å²) in [6.45, 7) is 6.58. The van der Waals surface area contributed by atoms with Gasteiger partial charge >= 0.3 is 5.97 Å². The third kappa shape index (κ3) is 3.67. The Bertz CT molecular complexity index is 259. The molecule has 1 fully saturated rings. The van der Waals surface area contributed by atoms with E-state index in [4.69, 9.17) is 9.47 Å². The largest absolute Gasteiger partial charge is 0.481 e. The molecule has 5 nitrogen and oxygen atoms in total. The molecule has 0 aromatic heterocycles. The first-order valence-electron chi connectivity index (χ1n) is 6.70. The quantitative estimate of drug-likeness (QED) is 0.710. The number of carboxylic acids is 1. The van der Waals surface area contributed by atoms with Crippen molar-refractivity contribution in [2.75, 3.05) is 33.5 Å². The molecular weight excluding hydrogens is 234 g/mol. The molecule has 0 amide bonds. The molecule has 0 aromatic rings. The Hall–Kier alpha value is -0.650. The fraction of sp³-hybridized carbons (Fsp3) is 0.923. The smallest absolute Gasteiger partial charge is 0.310 e. The first-order chi connectivity index (χ1) is 8.65. The van der Waals surface area contributed by atoms with Crippen molar-refractivity contribution in [3.8, 4) is 0 Å². The standard InChI is InChI=1S/C13H25NO4/c1-4-6-14(10(5-2)7-17-3)12-9-18-8-11(12)13(15)16/h10-12H,4-9H2,1-3H3,(H,15,16). The fourth-order valence-electron chi connectivity index (χ4n) is 2.62. The first-order valence-corrected chi connectivity index (χ1v) is 6.70. The van der Waals surface area contributed by atoms with E-state index in [2.05, 4.69) is 18.7 Å². The van der Waals surface area contributed by atoms with Crippen LogP contribution in [0.15, 0.2) is 0 Å². The molecule has 106 valence electrons. The number of hydrogen-bond donors (Lipinski definition) is 1. The number of carboxylic acid groups (broad SMARTS) is 1. The number of ether oxygens (including phenoxy) is 2. The second kappa shape index (κ2) is 7.71. The van der Waals surface area contributed by atoms with E-state index in [1.165, 1.54) is 0 Å². The van der Waals surface area contributed by atoms with E-state index in [-0.39, 0.29) is 12.1 Å². The summed E-state index contributed by atoms with van der Waals surface area (Å²) in [7, 11) is 1.69. The van der Waals surface area contributed by atoms with Crippen molar-refractivity contribution < 1.29 is 19.4 Å². The Morgan fingerprint density at radius 3 is 2.72 bits per heavy atom. The van der Waals surface area contributed by atoms with Gasteiger partial charge in [0.15, 0.2) is 0 Å². The maximum absolute atomic E-state index is 11.3. The lowest BCUT2D eigenvalue weighted by atomic mass is 9.99. The van der Waals surface area contributed by atoms with Gasteiger partial charge in [-0.15, -0.1) is 0 Å². The van der Waals surface area contributed by atoms with Crippen molar-refractivity contribution >= 4 is 5.97 Å². The lowest BCUT2D eigenvalue weighted by Gasteiger charge is -2.36. The van der Waals surface area contributed by atoms with Gasteiger partial charge in [0.25, 0.3) is 0 Å². The molecule has 1 aliphatic heterocycles. The Morgan fingerprint density at radius 1 is 1.50 bits per heavy atom. The molecule has 18 heavy (non-hydrogen) atoms. The highest BCUT2D eigenvalue weighted by Crippen LogP contribution is 2.23. The molecule has 1 N–H and O–H groups in total. The van der Waals surface area contributed by atoms with Crippen LogP contribution in [0.1, 0.15) is 26.7 Å². The van der Waals surface area contributed by atoms with Crippen molar-refractivity contribution in [1.82, 2.24) is 4.90 Å². The van der Waals surface area contributed by atoms with E-state index in [1.54, 1.807) is 7.11 Å². The molecule has 1 saturated heterocycles. The Morgan fingerprint density at radius 2 is 2.22 bits per heavy atom. The van der Waals surface area contributed by atoms with Crippen LogP contribution < -0.4 is 0 Å². The van der Waals surface area contributed by atoms with Crippen molar-refractivity contribution in [3.63, 3.8) is 0 Å². The van der Waals surface area contributed by atoms with Crippen LogP contribution >= 0.6 is 0 Å². The Kier molecular flexibility index (Phi) is 6.60. The summed E-state index contributed by atoms with van der Waals surface area (Å²) in [6.07, 6.45) is 1.96. The van der Waals surface area contributed by atoms with Gasteiger partial charge < -0.3 is 14.6 Å². The number of carbonyl (C=O) groups is 1. The Labute approximate surface area is 109 Å². The normalized spacial score (nSPS) is 25.6. The SMILES string of the molecule is CCCN(C(CC)COC)C1COCC1C(=O)O. The topological polar surface area (TPSA) is 59.0 Å². The molecule has 0 spiro atoms. The third-order valence-corrected chi connectivity index (χ3v) is 3.57. The van der Waals surface area contributed by atoms with Crippen LogP contribution in [0.3, 0.4) is 0 Å². The van der Waals surface area contributed by atoms with Crippen LogP contribution in [-0.2, 0) is 14.3 Å². The van der Waals surface area contributed by atoms with Crippen molar-refractivity contribution in [1.29, 1.82) is 0 Å². The second-order valence-electron chi connectivity index (χ2n) is 4.80. The van der Waals surface area contributed by atoms with Crippen LogP contribution in [-0.4, -0.2) is 61.5 Å². The molecule has 1 heterocycles. The summed E-state index contributed by atoms with van der Waals surface area (Å²) in [5.74, 6) is -1.17. The number of rotatable bonds is 8. The van der Waals surface area contributed by atoms with Gasteiger partial charge in [-0.3, -0.25) is 9.69 Å². The summed E-state index contributed by atoms with van der Waals surface area (Å²) in [5.41, 5.74) is 0. The zero-order chi connectivity index (χ0) is 13.5. The lowest BCUT2D eigenvalue weighted by Crippen LogP contribution is -2.50. The van der Waals surface area contributed by atoms with E-state index in [0.29, 0.717) is 19.8 Å². The van der Waals surface area contributed by atoms with Gasteiger partial charge in [-0.25, -0.2) is 0 Å². The zero-order valence-electron chi connectivity index (χ0n) is 11.6. The minimum absolute atomic E-state index is 0.0254. The fourth-order valence-corrected chi connectivity index (χ4v) is 2.62. The van der Waals surface area contributed by atoms with Crippen molar-refractivity contribution in [2.24, 2.45) is 5.92 Å². The van der Waals surface area contributed by atoms with E-state index in [9.17, 15) is 9.90 Å². The number of aliphatic carboxylic acids is 1. The predicted octanol–water partition coefficient (Wildman–Crippen LogP) is 1.22. The summed E-state index contributed by atoms with van der Waals surface area (Å²) < 4.78 is 10.6. The zero-order valence-corrected chi connectivity index (χ0v) is 11.6. The highest BCUT2D eigenvalue weighted by molar-refractivity contribution is 5.71. The molecule has 0 saturated carbocycles. The van der Waals surface area contributed by atoms with E-state index in [1.807, 2.05) is 0 Å². The molecule has 5 heteroatoms. The number of nitrogens with zero attached hydrogens (tertiary/aromatic N) is 1. The van der Waals surface area contributed by atoms with Gasteiger partial charge in [0.2, 0.25) is 0 Å². The molecule has 0 aliphatic carbocycles. The van der Waals surface area contributed by atoms with Gasteiger partial charge in [-0.2, -0.15) is 0 Å². The van der Waals surface area contributed by atoms with Gasteiger partial charge in [0.05, 0.1) is 25.7 Å². The molecule has 3 atom stereocenters. The summed E-state index contributed by atoms with van der Waals surface area (Å²) in [4.78, 5) is 13.5. The molecular formula is C13H25NO4. The van der Waals surface area contributed by atoms with Crippen LogP contribution in [0.4, 0.5) is 0 Å². The molecule has 3 unspecified atom stereocenters. The maximum atomic E-state index is 11.3. The van der Waals surface area contributed by atoms with Gasteiger partial charge in [-0.1, -0.05) is 13.8 Å². The molecule has 0 aromatic carbocycles. The highest BCUT2D eigenvalue weighted by Gasteiger charge is 2.39. The monoisotopic (exact) mass is 259 g/mol. The van der Waals surface area contributed by atoms with Crippen LogP contribution in [0, 0.1) is 5.92 Å². The third-order valence-electron chi connectivity index (χ3n) is 3.57. The first kappa shape index (κ1) is 15.4. The average molecular weight is 259 g/mol. The molecule has 0 bridgehead atoms. The summed E-state index contributed by atoms with van der Waals surface area (Å²) in [5, 5.41) is 9.25. The van der Waals surface area contributed by atoms with Crippen LogP contribution in [0.25, 0.3) is 0 Å². The van der Waals surface area contributed by atoms with E-state index < -0.39 is 11.9 Å². The lowest BCUT2D eigenvalue weighted by molar-refractivity contribution is -0.143. The second-order valence-corrected chi connectivity index (χ2v) is 4.80. The number of methoxy groups -OCH3 is 1. The minimum atomic E-state index is -0.758. The average Bonchev–Trinajstić information content (AvgIpc) is 2.82. The van der Waals surface area contributed by atoms with Gasteiger partial charge in [-0.05, 0) is 19.4 Å². The molecule has 1 rings (SSSR count). The van der Waals surface area contributed by atoms with Crippen molar-refractivity contribution in [2.45, 2.75) is 38.8 Å². The molecule has 1 aliphatic rings. The van der Waals surface area contributed by atoms with Crippen LogP contribution in [0.2, 0.25) is 0 Å². The summed E-state index contributed by atoms with van der Waals surface area (Å²) >= 11 is 0. The Balaban J connectivity index is 2.78. The van der Waals surface area contributed by atoms with E-state index in [0.717, 1.165) is 19.4 Å². The minimum Gasteiger partial charge on any atom is -0.481 e. The molecule has 0 radical (unpaired) electrons. The van der Waals surface area contributed by atoms with Crippen molar-refractivity contribution in [3.05, 3.63) is 0 Å². The highest BCUT2D eigenvalue weighted by atomic mass is 16.5. The maximum Gasteiger partial charge on any atom is 0.310 e. The van der Waals surface area contributed by atoms with Gasteiger partial charge in [0, 0.05) is 19.2 Å². The van der Waals surface area contributed by atoms with E-state index >= 15 is 0 Å². The van der Waals surface area contributed by atoms with Crippen LogP contribution in [0.5, 0.6) is 0 Å². The van der Waals surface area contributed by atoms with Gasteiger partial charge in [0.1, 0.15) is 0 Å². The predicted molar refractivity (Wildman–Crippen MR) is 68.7 cm³/mol.